The van der Waals surface area contributed by atoms with E-state index in [0.29, 0.717) is 12.2 Å². The van der Waals surface area contributed by atoms with Gasteiger partial charge in [0.05, 0.1) is 12.2 Å². The predicted molar refractivity (Wildman–Crippen MR) is 89.1 cm³/mol. The largest absolute Gasteiger partial charge is 0.369 e. The lowest BCUT2D eigenvalue weighted by Gasteiger charge is -1.98. The first-order valence-electron chi connectivity index (χ1n) is 8.84. The molecule has 0 spiro atoms. The van der Waals surface area contributed by atoms with Crippen molar-refractivity contribution in [1.29, 1.82) is 0 Å². The van der Waals surface area contributed by atoms with E-state index in [1.165, 1.54) is 51.4 Å². The van der Waals surface area contributed by atoms with Gasteiger partial charge in [0.15, 0.2) is 0 Å². The van der Waals surface area contributed by atoms with Crippen LogP contribution in [-0.4, -0.2) is 12.2 Å². The van der Waals surface area contributed by atoms with E-state index in [1.54, 1.807) is 0 Å². The van der Waals surface area contributed by atoms with Gasteiger partial charge in [0.25, 0.3) is 0 Å². The van der Waals surface area contributed by atoms with Crippen LogP contribution in [0.15, 0.2) is 24.3 Å². The molecule has 1 saturated heterocycles. The van der Waals surface area contributed by atoms with Gasteiger partial charge in [-0.25, -0.2) is 0 Å². The maximum absolute atomic E-state index is 5.50. The molecule has 0 N–H and O–H groups in total. The third kappa shape index (κ3) is 9.36. The van der Waals surface area contributed by atoms with Gasteiger partial charge in [-0.15, -0.1) is 0 Å². The van der Waals surface area contributed by atoms with Crippen LogP contribution in [0.4, 0.5) is 0 Å². The molecule has 1 fully saturated rings. The van der Waals surface area contributed by atoms with Crippen LogP contribution >= 0.6 is 0 Å². The van der Waals surface area contributed by atoms with Gasteiger partial charge in [-0.2, -0.15) is 0 Å². The van der Waals surface area contributed by atoms with E-state index in [9.17, 15) is 0 Å². The zero-order valence-corrected chi connectivity index (χ0v) is 13.7. The van der Waals surface area contributed by atoms with Crippen LogP contribution in [0.1, 0.15) is 84.5 Å². The summed E-state index contributed by atoms with van der Waals surface area (Å²) in [4.78, 5) is 0. The van der Waals surface area contributed by atoms with Gasteiger partial charge in [-0.3, -0.25) is 0 Å². The molecule has 0 aromatic rings. The lowest BCUT2D eigenvalue weighted by molar-refractivity contribution is 0.367. The Labute approximate surface area is 126 Å². The van der Waals surface area contributed by atoms with Crippen LogP contribution < -0.4 is 0 Å². The summed E-state index contributed by atoms with van der Waals surface area (Å²) in [5.74, 6) is 0. The number of rotatable bonds is 13. The number of allylic oxidation sites excluding steroid dienone is 3. The zero-order valence-electron chi connectivity index (χ0n) is 13.7. The highest BCUT2D eigenvalue weighted by Gasteiger charge is 2.35. The van der Waals surface area contributed by atoms with E-state index in [-0.39, 0.29) is 0 Å². The highest BCUT2D eigenvalue weighted by molar-refractivity contribution is 4.97. The molecule has 1 rings (SSSR count). The van der Waals surface area contributed by atoms with Crippen molar-refractivity contribution in [1.82, 2.24) is 0 Å². The Hall–Kier alpha value is -0.560. The summed E-state index contributed by atoms with van der Waals surface area (Å²) in [5, 5.41) is 0. The van der Waals surface area contributed by atoms with Crippen molar-refractivity contribution >= 4 is 0 Å². The van der Waals surface area contributed by atoms with Crippen molar-refractivity contribution in [3.8, 4) is 0 Å². The average Bonchev–Trinajstić information content (AvgIpc) is 3.22. The van der Waals surface area contributed by atoms with E-state index in [4.69, 9.17) is 4.74 Å². The van der Waals surface area contributed by atoms with Crippen LogP contribution in [-0.2, 0) is 4.74 Å². The van der Waals surface area contributed by atoms with Crippen LogP contribution in [0.3, 0.4) is 0 Å². The third-order valence-electron chi connectivity index (χ3n) is 4.04. The molecule has 0 aliphatic carbocycles. The zero-order chi connectivity index (χ0) is 14.5. The normalized spacial score (nSPS) is 22.1. The smallest absolute Gasteiger partial charge is 0.0876 e. The van der Waals surface area contributed by atoms with E-state index in [1.807, 2.05) is 0 Å². The molecular formula is C19H34O. The molecule has 1 nitrogen and oxygen atoms in total. The van der Waals surface area contributed by atoms with Crippen LogP contribution in [0.25, 0.3) is 0 Å². The van der Waals surface area contributed by atoms with Gasteiger partial charge in [-0.1, -0.05) is 76.7 Å². The monoisotopic (exact) mass is 278 g/mol. The fourth-order valence-electron chi connectivity index (χ4n) is 2.58. The third-order valence-corrected chi connectivity index (χ3v) is 4.04. The molecule has 1 aliphatic rings. The number of ether oxygens (including phenoxy) is 1. The second-order valence-corrected chi connectivity index (χ2v) is 5.95. The fraction of sp³-hybridized carbons (Fsp3) is 0.789. The number of hydrogen-bond acceptors (Lipinski definition) is 1. The summed E-state index contributed by atoms with van der Waals surface area (Å²) < 4.78 is 5.50. The summed E-state index contributed by atoms with van der Waals surface area (Å²) in [6.45, 7) is 4.47. The van der Waals surface area contributed by atoms with Crippen molar-refractivity contribution in [3.05, 3.63) is 24.3 Å². The highest BCUT2D eigenvalue weighted by Crippen LogP contribution is 2.28. The summed E-state index contributed by atoms with van der Waals surface area (Å²) in [6.07, 6.45) is 24.7. The molecule has 0 amide bonds. The summed E-state index contributed by atoms with van der Waals surface area (Å²) in [7, 11) is 0. The standard InChI is InChI=1S/C19H34O/c1-3-5-6-7-8-9-10-11-12-13-14-15-16-17-19-18(4-2)20-19/h12-13,15-16,18-19H,3-11,14,17H2,1-2H3/b13-12-,16-15-/t18-,19+/m0/s1. The molecule has 0 saturated carbocycles. The minimum absolute atomic E-state index is 0.521. The Balaban J connectivity index is 1.79. The molecule has 1 heterocycles. The first-order valence-corrected chi connectivity index (χ1v) is 8.84. The molecule has 0 aromatic heterocycles. The molecule has 2 atom stereocenters. The molecule has 1 aliphatic heterocycles. The first kappa shape index (κ1) is 17.5. The molecule has 20 heavy (non-hydrogen) atoms. The molecule has 0 radical (unpaired) electrons. The highest BCUT2D eigenvalue weighted by atomic mass is 16.6. The molecule has 0 aromatic carbocycles. The fourth-order valence-corrected chi connectivity index (χ4v) is 2.58. The van der Waals surface area contributed by atoms with Crippen LogP contribution in [0.2, 0.25) is 0 Å². The Morgan fingerprint density at radius 3 is 2.15 bits per heavy atom. The predicted octanol–water partition coefficient (Wildman–Crippen LogP) is 6.20. The topological polar surface area (TPSA) is 12.5 Å². The second kappa shape index (κ2) is 12.2. The quantitative estimate of drug-likeness (QED) is 0.222. The van der Waals surface area contributed by atoms with Crippen molar-refractivity contribution in [2.45, 2.75) is 96.7 Å². The van der Waals surface area contributed by atoms with Crippen LogP contribution in [0.5, 0.6) is 0 Å². The van der Waals surface area contributed by atoms with Gasteiger partial charge in [-0.05, 0) is 32.1 Å². The van der Waals surface area contributed by atoms with Crippen molar-refractivity contribution < 1.29 is 4.74 Å². The van der Waals surface area contributed by atoms with E-state index >= 15 is 0 Å². The summed E-state index contributed by atoms with van der Waals surface area (Å²) >= 11 is 0. The van der Waals surface area contributed by atoms with Gasteiger partial charge in [0, 0.05) is 0 Å². The maximum atomic E-state index is 5.50. The molecule has 116 valence electrons. The maximum Gasteiger partial charge on any atom is 0.0876 e. The SMILES string of the molecule is CCCCCCCCC/C=C\C/C=C\C[C@H]1O[C@H]1CC. The van der Waals surface area contributed by atoms with Gasteiger partial charge in [0.2, 0.25) is 0 Å². The molecule has 0 unspecified atom stereocenters. The van der Waals surface area contributed by atoms with Gasteiger partial charge in [0.1, 0.15) is 0 Å². The Kier molecular flexibility index (Phi) is 10.7. The minimum atomic E-state index is 0.521. The van der Waals surface area contributed by atoms with Crippen molar-refractivity contribution in [2.24, 2.45) is 0 Å². The first-order chi connectivity index (χ1) is 9.88. The molecule has 0 bridgehead atoms. The average molecular weight is 278 g/mol. The van der Waals surface area contributed by atoms with Gasteiger partial charge >= 0.3 is 0 Å². The molecule has 1 heteroatoms. The minimum Gasteiger partial charge on any atom is -0.369 e. The van der Waals surface area contributed by atoms with E-state index < -0.39 is 0 Å². The molecular weight excluding hydrogens is 244 g/mol. The lowest BCUT2D eigenvalue weighted by Crippen LogP contribution is -1.88. The number of unbranched alkanes of at least 4 members (excludes halogenated alkanes) is 7. The Bertz CT molecular complexity index is 267. The van der Waals surface area contributed by atoms with Crippen LogP contribution in [0, 0.1) is 0 Å². The number of epoxide rings is 1. The van der Waals surface area contributed by atoms with Gasteiger partial charge < -0.3 is 4.74 Å². The summed E-state index contributed by atoms with van der Waals surface area (Å²) in [6, 6.07) is 0. The van der Waals surface area contributed by atoms with Crippen molar-refractivity contribution in [2.75, 3.05) is 0 Å². The second-order valence-electron chi connectivity index (χ2n) is 5.95. The Morgan fingerprint density at radius 2 is 1.45 bits per heavy atom. The Morgan fingerprint density at radius 1 is 0.750 bits per heavy atom. The summed E-state index contributed by atoms with van der Waals surface area (Å²) in [5.41, 5.74) is 0. The van der Waals surface area contributed by atoms with Crippen molar-refractivity contribution in [3.63, 3.8) is 0 Å². The van der Waals surface area contributed by atoms with E-state index in [2.05, 4.69) is 38.2 Å². The lowest BCUT2D eigenvalue weighted by atomic mass is 10.1. The number of hydrogen-bond donors (Lipinski definition) is 0. The van der Waals surface area contributed by atoms with E-state index in [0.717, 1.165) is 19.3 Å².